The van der Waals surface area contributed by atoms with Gasteiger partial charge in [-0.2, -0.15) is 0 Å². The van der Waals surface area contributed by atoms with E-state index in [4.69, 9.17) is 5.73 Å². The van der Waals surface area contributed by atoms with E-state index in [-0.39, 0.29) is 0 Å². The lowest BCUT2D eigenvalue weighted by Crippen LogP contribution is -2.31. The molecular formula is C14H20N4. The summed E-state index contributed by atoms with van der Waals surface area (Å²) in [5.74, 6) is 0. The fourth-order valence-electron chi connectivity index (χ4n) is 1.81. The molecule has 3 N–H and O–H groups in total. The molecule has 1 atom stereocenters. The number of nitrogens with two attached hydrogens (primary N) is 1. The van der Waals surface area contributed by atoms with Gasteiger partial charge in [-0.25, -0.2) is 0 Å². The minimum atomic E-state index is 0.472. The Hall–Kier alpha value is -1.81. The van der Waals surface area contributed by atoms with Crippen molar-refractivity contribution in [2.75, 3.05) is 31.7 Å². The second kappa shape index (κ2) is 5.23. The van der Waals surface area contributed by atoms with Gasteiger partial charge in [-0.3, -0.25) is 4.98 Å². The van der Waals surface area contributed by atoms with Crippen LogP contribution in [0.4, 0.5) is 11.4 Å². The molecule has 2 aromatic rings. The molecule has 1 aromatic heterocycles. The Balaban J connectivity index is 2.26. The molecule has 1 unspecified atom stereocenters. The van der Waals surface area contributed by atoms with Gasteiger partial charge in [0, 0.05) is 47.1 Å². The van der Waals surface area contributed by atoms with Gasteiger partial charge in [0.05, 0.1) is 0 Å². The highest BCUT2D eigenvalue weighted by Crippen LogP contribution is 2.27. The number of aromatic nitrogens is 1. The molecule has 1 heterocycles. The Labute approximate surface area is 108 Å². The molecule has 2 rings (SSSR count). The van der Waals surface area contributed by atoms with Crippen molar-refractivity contribution < 1.29 is 0 Å². The molecule has 96 valence electrons. The monoisotopic (exact) mass is 244 g/mol. The number of nitrogens with zero attached hydrogens (tertiary/aromatic N) is 2. The first-order valence-corrected chi connectivity index (χ1v) is 6.12. The van der Waals surface area contributed by atoms with E-state index in [1.165, 1.54) is 0 Å². The second-order valence-electron chi connectivity index (χ2n) is 4.82. The van der Waals surface area contributed by atoms with Gasteiger partial charge in [-0.05, 0) is 39.2 Å². The van der Waals surface area contributed by atoms with E-state index in [0.717, 1.165) is 28.7 Å². The molecule has 0 bridgehead atoms. The van der Waals surface area contributed by atoms with E-state index in [1.807, 2.05) is 24.4 Å². The summed E-state index contributed by atoms with van der Waals surface area (Å²) in [6.45, 7) is 3.09. The van der Waals surface area contributed by atoms with E-state index in [1.54, 1.807) is 6.20 Å². The molecule has 0 aliphatic rings. The number of pyridine rings is 1. The normalized spacial score (nSPS) is 12.9. The number of benzene rings is 1. The van der Waals surface area contributed by atoms with Crippen LogP contribution in [0.1, 0.15) is 6.92 Å². The van der Waals surface area contributed by atoms with Gasteiger partial charge < -0.3 is 16.0 Å². The summed E-state index contributed by atoms with van der Waals surface area (Å²) in [5.41, 5.74) is 7.83. The molecule has 1 aromatic carbocycles. The van der Waals surface area contributed by atoms with Crippen molar-refractivity contribution in [3.63, 3.8) is 0 Å². The molecule has 0 fully saturated rings. The van der Waals surface area contributed by atoms with Crippen LogP contribution < -0.4 is 11.1 Å². The van der Waals surface area contributed by atoms with Crippen LogP contribution in [0, 0.1) is 0 Å². The molecule has 0 saturated heterocycles. The fourth-order valence-corrected chi connectivity index (χ4v) is 1.81. The van der Waals surface area contributed by atoms with Crippen molar-refractivity contribution in [3.05, 3.63) is 30.6 Å². The van der Waals surface area contributed by atoms with Crippen LogP contribution in [0.5, 0.6) is 0 Å². The van der Waals surface area contributed by atoms with Crippen molar-refractivity contribution in [2.45, 2.75) is 13.0 Å². The van der Waals surface area contributed by atoms with E-state index in [2.05, 4.69) is 36.2 Å². The minimum Gasteiger partial charge on any atom is -0.398 e. The summed E-state index contributed by atoms with van der Waals surface area (Å²) in [4.78, 5) is 6.31. The van der Waals surface area contributed by atoms with E-state index >= 15 is 0 Å². The van der Waals surface area contributed by atoms with Crippen LogP contribution >= 0.6 is 0 Å². The van der Waals surface area contributed by atoms with Crippen LogP contribution in [-0.4, -0.2) is 36.6 Å². The maximum Gasteiger partial charge on any atom is 0.0423 e. The predicted molar refractivity (Wildman–Crippen MR) is 77.8 cm³/mol. The van der Waals surface area contributed by atoms with Crippen molar-refractivity contribution in [2.24, 2.45) is 0 Å². The first-order chi connectivity index (χ1) is 8.59. The van der Waals surface area contributed by atoms with Gasteiger partial charge in [0.1, 0.15) is 0 Å². The van der Waals surface area contributed by atoms with Crippen molar-refractivity contribution in [1.29, 1.82) is 0 Å². The van der Waals surface area contributed by atoms with E-state index in [9.17, 15) is 0 Å². The van der Waals surface area contributed by atoms with E-state index < -0.39 is 0 Å². The summed E-state index contributed by atoms with van der Waals surface area (Å²) >= 11 is 0. The number of hydrogen-bond acceptors (Lipinski definition) is 4. The lowest BCUT2D eigenvalue weighted by Gasteiger charge is -2.21. The number of fused-ring (bicyclic) bond motifs is 1. The van der Waals surface area contributed by atoms with Gasteiger partial charge in [0.2, 0.25) is 0 Å². The van der Waals surface area contributed by atoms with Gasteiger partial charge in [0.15, 0.2) is 0 Å². The number of likely N-dealkylation sites (N-methyl/N-ethyl adjacent to an activating group) is 1. The number of nitrogens with one attached hydrogen (secondary N) is 1. The number of nitrogen functional groups attached to an aromatic ring is 1. The topological polar surface area (TPSA) is 54.2 Å². The summed E-state index contributed by atoms with van der Waals surface area (Å²) < 4.78 is 0. The largest absolute Gasteiger partial charge is 0.398 e. The minimum absolute atomic E-state index is 0.472. The Morgan fingerprint density at radius 1 is 1.28 bits per heavy atom. The van der Waals surface area contributed by atoms with Crippen molar-refractivity contribution in [1.82, 2.24) is 9.88 Å². The molecule has 0 radical (unpaired) electrons. The maximum atomic E-state index is 5.95. The molecular weight excluding hydrogens is 224 g/mol. The van der Waals surface area contributed by atoms with Crippen LogP contribution in [0.2, 0.25) is 0 Å². The molecule has 0 spiro atoms. The number of anilines is 2. The SMILES string of the molecule is CC(CNc1ccc(N)c2cnccc12)N(C)C. The molecule has 0 amide bonds. The highest BCUT2D eigenvalue weighted by molar-refractivity contribution is 6.00. The molecule has 4 nitrogen and oxygen atoms in total. The summed E-state index contributed by atoms with van der Waals surface area (Å²) in [5, 5.41) is 5.59. The Bertz CT molecular complexity index is 536. The third kappa shape index (κ3) is 2.54. The zero-order valence-electron chi connectivity index (χ0n) is 11.1. The Kier molecular flexibility index (Phi) is 3.67. The van der Waals surface area contributed by atoms with E-state index in [0.29, 0.717) is 6.04 Å². The predicted octanol–water partition coefficient (Wildman–Crippen LogP) is 2.18. The maximum absolute atomic E-state index is 5.95. The lowest BCUT2D eigenvalue weighted by atomic mass is 10.1. The Morgan fingerprint density at radius 2 is 2.06 bits per heavy atom. The van der Waals surface area contributed by atoms with Crippen LogP contribution in [0.15, 0.2) is 30.6 Å². The molecule has 0 aliphatic carbocycles. The first-order valence-electron chi connectivity index (χ1n) is 6.12. The zero-order valence-corrected chi connectivity index (χ0v) is 11.1. The van der Waals surface area contributed by atoms with Crippen LogP contribution in [0.3, 0.4) is 0 Å². The number of hydrogen-bond donors (Lipinski definition) is 2. The third-order valence-corrected chi connectivity index (χ3v) is 3.32. The molecule has 0 aliphatic heterocycles. The van der Waals surface area contributed by atoms with Gasteiger partial charge in [-0.15, -0.1) is 0 Å². The summed E-state index contributed by atoms with van der Waals surface area (Å²) in [6, 6.07) is 6.42. The standard InChI is InChI=1S/C14H20N4/c1-10(18(2)3)8-17-14-5-4-13(15)12-9-16-7-6-11(12)14/h4-7,9-10,17H,8,15H2,1-3H3. The molecule has 0 saturated carbocycles. The Morgan fingerprint density at radius 3 is 2.78 bits per heavy atom. The molecule has 18 heavy (non-hydrogen) atoms. The quantitative estimate of drug-likeness (QED) is 0.809. The smallest absolute Gasteiger partial charge is 0.0423 e. The van der Waals surface area contributed by atoms with Crippen molar-refractivity contribution in [3.8, 4) is 0 Å². The van der Waals surface area contributed by atoms with Gasteiger partial charge in [0.25, 0.3) is 0 Å². The summed E-state index contributed by atoms with van der Waals surface area (Å²) in [6.07, 6.45) is 3.60. The van der Waals surface area contributed by atoms with Crippen molar-refractivity contribution >= 4 is 22.1 Å². The van der Waals surface area contributed by atoms with Gasteiger partial charge in [-0.1, -0.05) is 0 Å². The summed E-state index contributed by atoms with van der Waals surface area (Å²) in [7, 11) is 4.16. The van der Waals surface area contributed by atoms with Crippen LogP contribution in [0.25, 0.3) is 10.8 Å². The highest BCUT2D eigenvalue weighted by Gasteiger charge is 2.07. The van der Waals surface area contributed by atoms with Crippen LogP contribution in [-0.2, 0) is 0 Å². The third-order valence-electron chi connectivity index (χ3n) is 3.32. The average Bonchev–Trinajstić information content (AvgIpc) is 2.38. The average molecular weight is 244 g/mol. The fraction of sp³-hybridized carbons (Fsp3) is 0.357. The number of rotatable bonds is 4. The molecule has 4 heteroatoms. The lowest BCUT2D eigenvalue weighted by molar-refractivity contribution is 0.326. The first kappa shape index (κ1) is 12.6. The second-order valence-corrected chi connectivity index (χ2v) is 4.82. The zero-order chi connectivity index (χ0) is 13.1. The van der Waals surface area contributed by atoms with Gasteiger partial charge >= 0.3 is 0 Å². The highest BCUT2D eigenvalue weighted by atomic mass is 15.1.